The van der Waals surface area contributed by atoms with Crippen LogP contribution in [0.15, 0.2) is 0 Å². The molecule has 14 heteroatoms. The van der Waals surface area contributed by atoms with E-state index >= 15 is 0 Å². The molecule has 0 aliphatic heterocycles. The molecule has 36 heavy (non-hydrogen) atoms. The summed E-state index contributed by atoms with van der Waals surface area (Å²) in [7, 11) is 24.0. The highest BCUT2D eigenvalue weighted by molar-refractivity contribution is 5.63. The Morgan fingerprint density at radius 1 is 0.417 bits per heavy atom. The van der Waals surface area contributed by atoms with Crippen molar-refractivity contribution >= 4 is 23.9 Å². The summed E-state index contributed by atoms with van der Waals surface area (Å²) >= 11 is 0. The lowest BCUT2D eigenvalue weighted by Gasteiger charge is -1.90. The zero-order valence-corrected chi connectivity index (χ0v) is 25.8. The molecule has 0 aromatic heterocycles. The van der Waals surface area contributed by atoms with Gasteiger partial charge >= 0.3 is 0 Å². The lowest BCUT2D eigenvalue weighted by molar-refractivity contribution is -0.135. The minimum absolute atomic E-state index is 0.597. The lowest BCUT2D eigenvalue weighted by atomic mass is 10.7. The number of carboxylic acid groups (broad SMARTS) is 4. The first-order valence-electron chi connectivity index (χ1n) is 10.4. The second-order valence-electron chi connectivity index (χ2n) is 8.02. The molecule has 0 amide bonds. The summed E-state index contributed by atoms with van der Waals surface area (Å²) in [4.78, 5) is 44.0. The van der Waals surface area contributed by atoms with E-state index in [2.05, 4.69) is 0 Å². The molecule has 0 aromatic rings. The van der Waals surface area contributed by atoms with Gasteiger partial charge in [0, 0.05) is 40.8 Å². The quantitative estimate of drug-likeness (QED) is 0.260. The standard InChI is InChI=1S/4C3H9N.C2H8N2.4C2H4O2/c4*1-4(2)3;3-1-2-4;4*1-2(3)4/h4*1-3H3;1-4H2;4*1H3,(H,3,4). The highest BCUT2D eigenvalue weighted by Crippen LogP contribution is 1.49. The molecule has 0 aliphatic rings. The monoisotopic (exact) mass is 536 g/mol. The number of hydrogen-bond acceptors (Lipinski definition) is 10. The van der Waals surface area contributed by atoms with E-state index in [9.17, 15) is 0 Å². The van der Waals surface area contributed by atoms with Crippen LogP contribution in [0.5, 0.6) is 0 Å². The number of carboxylic acids is 4. The fraction of sp³-hybridized carbons (Fsp3) is 0.818. The summed E-state index contributed by atoms with van der Waals surface area (Å²) in [6.07, 6.45) is 0. The van der Waals surface area contributed by atoms with Crippen LogP contribution in [0.1, 0.15) is 27.7 Å². The Hall–Kier alpha value is -2.36. The Morgan fingerprint density at radius 2 is 0.444 bits per heavy atom. The molecule has 0 aliphatic carbocycles. The molecule has 0 unspecified atom stereocenters. The lowest BCUT2D eigenvalue weighted by Crippen LogP contribution is -2.11. The molecule has 0 saturated heterocycles. The summed E-state index contributed by atoms with van der Waals surface area (Å²) in [5, 5.41) is 29.7. The van der Waals surface area contributed by atoms with Crippen LogP contribution in [-0.4, -0.2) is 162 Å². The van der Waals surface area contributed by atoms with Gasteiger partial charge < -0.3 is 51.5 Å². The number of rotatable bonds is 1. The van der Waals surface area contributed by atoms with Gasteiger partial charge in [-0.2, -0.15) is 0 Å². The molecule has 0 saturated carbocycles. The maximum absolute atomic E-state index is 9.00. The van der Waals surface area contributed by atoms with Crippen LogP contribution in [-0.2, 0) is 19.2 Å². The van der Waals surface area contributed by atoms with Crippen LogP contribution < -0.4 is 11.5 Å². The van der Waals surface area contributed by atoms with Crippen molar-refractivity contribution in [2.24, 2.45) is 11.5 Å². The molecule has 226 valence electrons. The van der Waals surface area contributed by atoms with Gasteiger partial charge in [-0.05, 0) is 84.6 Å². The van der Waals surface area contributed by atoms with Crippen molar-refractivity contribution in [2.45, 2.75) is 27.7 Å². The first-order chi connectivity index (χ1) is 15.8. The van der Waals surface area contributed by atoms with E-state index in [1.54, 1.807) is 0 Å². The number of hydrogen-bond donors (Lipinski definition) is 6. The first kappa shape index (κ1) is 59.0. The van der Waals surface area contributed by atoms with Crippen molar-refractivity contribution in [1.29, 1.82) is 0 Å². The Bertz CT molecular complexity index is 322. The van der Waals surface area contributed by atoms with Crippen molar-refractivity contribution in [3.63, 3.8) is 0 Å². The molecule has 0 heterocycles. The van der Waals surface area contributed by atoms with Gasteiger partial charge in [-0.1, -0.05) is 0 Å². The van der Waals surface area contributed by atoms with E-state index in [1.165, 1.54) is 0 Å². The molecular weight excluding hydrogens is 476 g/mol. The molecule has 0 bridgehead atoms. The van der Waals surface area contributed by atoms with Crippen molar-refractivity contribution in [1.82, 2.24) is 19.6 Å². The molecule has 8 N–H and O–H groups in total. The minimum Gasteiger partial charge on any atom is -0.481 e. The zero-order chi connectivity index (χ0) is 32.0. The molecule has 0 fully saturated rings. The van der Waals surface area contributed by atoms with Crippen LogP contribution in [0, 0.1) is 0 Å². The predicted octanol–water partition coefficient (Wildman–Crippen LogP) is -0.0214. The second kappa shape index (κ2) is 58.5. The summed E-state index contributed by atoms with van der Waals surface area (Å²) in [5.74, 6) is -3.33. The normalized spacial score (nSPS) is 7.61. The van der Waals surface area contributed by atoms with E-state index < -0.39 is 23.9 Å². The molecule has 14 nitrogen and oxygen atoms in total. The predicted molar refractivity (Wildman–Crippen MR) is 150 cm³/mol. The van der Waals surface area contributed by atoms with Gasteiger partial charge in [-0.3, -0.25) is 19.2 Å². The summed E-state index contributed by atoms with van der Waals surface area (Å²) in [5.41, 5.74) is 9.81. The molecule has 0 radical (unpaired) electrons. The fourth-order valence-corrected chi connectivity index (χ4v) is 0. The largest absolute Gasteiger partial charge is 0.481 e. The van der Waals surface area contributed by atoms with E-state index in [4.69, 9.17) is 51.1 Å². The fourth-order valence-electron chi connectivity index (χ4n) is 0. The van der Waals surface area contributed by atoms with Gasteiger partial charge in [-0.15, -0.1) is 0 Å². The van der Waals surface area contributed by atoms with Crippen molar-refractivity contribution in [3.05, 3.63) is 0 Å². The zero-order valence-electron chi connectivity index (χ0n) is 25.8. The third-order valence-corrected chi connectivity index (χ3v) is 0.167. The Labute approximate surface area is 220 Å². The number of carbonyl (C=O) groups is 4. The summed E-state index contributed by atoms with van der Waals surface area (Å²) in [6, 6.07) is 0. The van der Waals surface area contributed by atoms with Crippen LogP contribution in [0.4, 0.5) is 0 Å². The number of nitrogens with zero attached hydrogens (tertiary/aromatic N) is 4. The topological polar surface area (TPSA) is 214 Å². The van der Waals surface area contributed by atoms with Crippen LogP contribution in [0.3, 0.4) is 0 Å². The van der Waals surface area contributed by atoms with E-state index in [0.717, 1.165) is 27.7 Å². The Balaban J connectivity index is -0.0000000325. The first-order valence-corrected chi connectivity index (χ1v) is 10.4. The third kappa shape index (κ3) is 16100. The van der Waals surface area contributed by atoms with E-state index in [1.807, 2.05) is 104 Å². The molecule has 0 aromatic carbocycles. The minimum atomic E-state index is -0.833. The smallest absolute Gasteiger partial charge is 0.300 e. The van der Waals surface area contributed by atoms with E-state index in [0.29, 0.717) is 13.1 Å². The summed E-state index contributed by atoms with van der Waals surface area (Å²) < 4.78 is 0. The highest BCUT2D eigenvalue weighted by Gasteiger charge is 1.66. The van der Waals surface area contributed by atoms with Crippen LogP contribution >= 0.6 is 0 Å². The van der Waals surface area contributed by atoms with Crippen LogP contribution in [0.2, 0.25) is 0 Å². The van der Waals surface area contributed by atoms with Crippen molar-refractivity contribution in [3.8, 4) is 0 Å². The SMILES string of the molecule is CC(=O)O.CC(=O)O.CC(=O)O.CC(=O)O.CN(C)C.CN(C)C.CN(C)C.CN(C)C.NCCN. The average Bonchev–Trinajstić information content (AvgIpc) is 2.50. The maximum atomic E-state index is 9.00. The Kier molecular flexibility index (Phi) is 95.9. The summed E-state index contributed by atoms with van der Waals surface area (Å²) in [6.45, 7) is 5.53. The number of nitrogens with two attached hydrogens (primary N) is 2. The highest BCUT2D eigenvalue weighted by atomic mass is 16.4. The maximum Gasteiger partial charge on any atom is 0.300 e. The van der Waals surface area contributed by atoms with Gasteiger partial charge in [0.15, 0.2) is 0 Å². The van der Waals surface area contributed by atoms with Crippen LogP contribution in [0.25, 0.3) is 0 Å². The van der Waals surface area contributed by atoms with Gasteiger partial charge in [0.2, 0.25) is 0 Å². The van der Waals surface area contributed by atoms with E-state index in [-0.39, 0.29) is 0 Å². The van der Waals surface area contributed by atoms with Crippen molar-refractivity contribution < 1.29 is 39.6 Å². The van der Waals surface area contributed by atoms with Gasteiger partial charge in [0.05, 0.1) is 0 Å². The Morgan fingerprint density at radius 3 is 0.444 bits per heavy atom. The molecule has 0 atom stereocenters. The van der Waals surface area contributed by atoms with Crippen molar-refractivity contribution in [2.75, 3.05) is 97.7 Å². The third-order valence-electron chi connectivity index (χ3n) is 0.167. The average molecular weight is 537 g/mol. The van der Waals surface area contributed by atoms with Gasteiger partial charge in [-0.25, -0.2) is 0 Å². The molecule has 0 rings (SSSR count). The second-order valence-corrected chi connectivity index (χ2v) is 8.02. The molecule has 0 spiro atoms. The number of aliphatic carboxylic acids is 4. The van der Waals surface area contributed by atoms with Gasteiger partial charge in [0.1, 0.15) is 0 Å². The van der Waals surface area contributed by atoms with Gasteiger partial charge in [0.25, 0.3) is 23.9 Å². The molecular formula is C22H60N6O8.